The highest BCUT2D eigenvalue weighted by Crippen LogP contribution is 2.27. The molecule has 0 heterocycles. The predicted molar refractivity (Wildman–Crippen MR) is 98.3 cm³/mol. The van der Waals surface area contributed by atoms with Crippen LogP contribution in [0.3, 0.4) is 0 Å². The molecular formula is C17H26N4O5. The molecule has 9 heteroatoms. The molecule has 9 nitrogen and oxygen atoms in total. The van der Waals surface area contributed by atoms with Crippen molar-refractivity contribution in [3.8, 4) is 5.75 Å². The van der Waals surface area contributed by atoms with Gasteiger partial charge in [0.1, 0.15) is 5.75 Å². The molecule has 1 aromatic carbocycles. The van der Waals surface area contributed by atoms with Crippen LogP contribution in [0.5, 0.6) is 5.75 Å². The predicted octanol–water partition coefficient (Wildman–Crippen LogP) is 0.287. The number of hydrogen-bond donors (Lipinski definition) is 3. The number of nitrogens with one attached hydrogen (secondary N) is 3. The minimum atomic E-state index is -0.310. The number of likely N-dealkylation sites (N-methyl/N-ethyl adjacent to an activating group) is 1. The number of rotatable bonds is 10. The van der Waals surface area contributed by atoms with E-state index in [4.69, 9.17) is 9.47 Å². The zero-order valence-corrected chi connectivity index (χ0v) is 15.5. The van der Waals surface area contributed by atoms with Gasteiger partial charge in [-0.05, 0) is 25.2 Å². The van der Waals surface area contributed by atoms with Crippen molar-refractivity contribution in [1.82, 2.24) is 10.2 Å². The summed E-state index contributed by atoms with van der Waals surface area (Å²) in [7, 11) is 4.71. The summed E-state index contributed by atoms with van der Waals surface area (Å²) in [5.74, 6) is -0.253. The first-order valence-corrected chi connectivity index (χ1v) is 8.05. The summed E-state index contributed by atoms with van der Waals surface area (Å²) in [5, 5.41) is 8.05. The van der Waals surface area contributed by atoms with Crippen LogP contribution >= 0.6 is 0 Å². The molecule has 144 valence electrons. The number of methoxy groups -OCH3 is 2. The van der Waals surface area contributed by atoms with Crippen LogP contribution in [0.2, 0.25) is 0 Å². The van der Waals surface area contributed by atoms with Crippen LogP contribution in [0.25, 0.3) is 0 Å². The summed E-state index contributed by atoms with van der Waals surface area (Å²) in [4.78, 5) is 36.7. The highest BCUT2D eigenvalue weighted by atomic mass is 16.5. The molecule has 0 saturated heterocycles. The topological polar surface area (TPSA) is 109 Å². The third-order valence-corrected chi connectivity index (χ3v) is 3.25. The molecule has 0 aliphatic heterocycles. The molecule has 0 bridgehead atoms. The Labute approximate surface area is 153 Å². The Hall–Kier alpha value is -2.65. The smallest absolute Gasteiger partial charge is 0.238 e. The fourth-order valence-electron chi connectivity index (χ4n) is 2.17. The van der Waals surface area contributed by atoms with Gasteiger partial charge in [-0.1, -0.05) is 0 Å². The first-order valence-electron chi connectivity index (χ1n) is 8.05. The van der Waals surface area contributed by atoms with Crippen LogP contribution < -0.4 is 20.7 Å². The van der Waals surface area contributed by atoms with Crippen LogP contribution in [0, 0.1) is 0 Å². The normalized spacial score (nSPS) is 10.3. The van der Waals surface area contributed by atoms with E-state index in [0.29, 0.717) is 30.3 Å². The third kappa shape index (κ3) is 7.95. The number of carbonyl (C=O) groups excluding carboxylic acids is 3. The summed E-state index contributed by atoms with van der Waals surface area (Å²) in [5.41, 5.74) is 0.973. The Morgan fingerprint density at radius 1 is 1.08 bits per heavy atom. The van der Waals surface area contributed by atoms with E-state index in [1.54, 1.807) is 37.3 Å². The minimum Gasteiger partial charge on any atom is -0.495 e. The van der Waals surface area contributed by atoms with Crippen LogP contribution in [0.15, 0.2) is 18.2 Å². The van der Waals surface area contributed by atoms with E-state index < -0.39 is 0 Å². The summed E-state index contributed by atoms with van der Waals surface area (Å²) in [6.07, 6.45) is 0. The van der Waals surface area contributed by atoms with Gasteiger partial charge in [0.05, 0.1) is 32.5 Å². The average Bonchev–Trinajstić information content (AvgIpc) is 2.54. The standard InChI is InChI=1S/C17H26N4O5/c1-12(22)19-13-5-6-15(26-4)14(9-13)20-17(24)11-21(2)10-16(23)18-7-8-25-3/h5-6,9H,7-8,10-11H2,1-4H3,(H,18,23)(H,19,22)(H,20,24). The number of benzene rings is 1. The van der Waals surface area contributed by atoms with Crippen molar-refractivity contribution in [2.24, 2.45) is 0 Å². The second-order valence-electron chi connectivity index (χ2n) is 5.66. The minimum absolute atomic E-state index is 0.0191. The van der Waals surface area contributed by atoms with Gasteiger partial charge >= 0.3 is 0 Å². The van der Waals surface area contributed by atoms with Crippen molar-refractivity contribution in [2.45, 2.75) is 6.92 Å². The lowest BCUT2D eigenvalue weighted by Gasteiger charge is -2.17. The largest absolute Gasteiger partial charge is 0.495 e. The Morgan fingerprint density at radius 3 is 2.38 bits per heavy atom. The first-order chi connectivity index (χ1) is 12.3. The molecule has 0 aliphatic rings. The van der Waals surface area contributed by atoms with Crippen molar-refractivity contribution < 1.29 is 23.9 Å². The molecule has 0 radical (unpaired) electrons. The first kappa shape index (κ1) is 21.4. The van der Waals surface area contributed by atoms with Gasteiger partial charge in [0, 0.05) is 26.3 Å². The third-order valence-electron chi connectivity index (χ3n) is 3.25. The fraction of sp³-hybridized carbons (Fsp3) is 0.471. The lowest BCUT2D eigenvalue weighted by atomic mass is 10.2. The molecular weight excluding hydrogens is 340 g/mol. The molecule has 3 amide bonds. The van der Waals surface area contributed by atoms with Crippen LogP contribution in [0.4, 0.5) is 11.4 Å². The lowest BCUT2D eigenvalue weighted by Crippen LogP contribution is -2.39. The maximum Gasteiger partial charge on any atom is 0.238 e. The highest BCUT2D eigenvalue weighted by Gasteiger charge is 2.13. The second kappa shape index (κ2) is 11.1. The molecule has 3 N–H and O–H groups in total. The fourth-order valence-corrected chi connectivity index (χ4v) is 2.17. The molecule has 0 saturated carbocycles. The van der Waals surface area contributed by atoms with Gasteiger partial charge in [-0.2, -0.15) is 0 Å². The number of carbonyl (C=O) groups is 3. The molecule has 1 rings (SSSR count). The number of hydrogen-bond acceptors (Lipinski definition) is 6. The molecule has 1 aromatic rings. The van der Waals surface area contributed by atoms with E-state index in [2.05, 4.69) is 16.0 Å². The molecule has 0 atom stereocenters. The Morgan fingerprint density at radius 2 is 1.77 bits per heavy atom. The molecule has 26 heavy (non-hydrogen) atoms. The van der Waals surface area contributed by atoms with Gasteiger partial charge in [0.15, 0.2) is 0 Å². The van der Waals surface area contributed by atoms with E-state index in [1.807, 2.05) is 0 Å². The van der Waals surface area contributed by atoms with Crippen LogP contribution in [-0.4, -0.2) is 70.1 Å². The quantitative estimate of drug-likeness (QED) is 0.514. The molecule has 0 fully saturated rings. The average molecular weight is 366 g/mol. The van der Waals surface area contributed by atoms with Gasteiger partial charge in [0.25, 0.3) is 0 Å². The maximum absolute atomic E-state index is 12.2. The Bertz CT molecular complexity index is 636. The van der Waals surface area contributed by atoms with E-state index in [-0.39, 0.29) is 30.8 Å². The second-order valence-corrected chi connectivity index (χ2v) is 5.66. The molecule has 0 spiro atoms. The lowest BCUT2D eigenvalue weighted by molar-refractivity contribution is -0.123. The van der Waals surface area contributed by atoms with Gasteiger partial charge in [0.2, 0.25) is 17.7 Å². The number of nitrogens with zero attached hydrogens (tertiary/aromatic N) is 1. The van der Waals surface area contributed by atoms with Crippen molar-refractivity contribution >= 4 is 29.1 Å². The van der Waals surface area contributed by atoms with Crippen molar-refractivity contribution in [3.63, 3.8) is 0 Å². The van der Waals surface area contributed by atoms with E-state index in [1.165, 1.54) is 14.0 Å². The highest BCUT2D eigenvalue weighted by molar-refractivity contribution is 5.96. The van der Waals surface area contributed by atoms with Gasteiger partial charge < -0.3 is 25.4 Å². The maximum atomic E-state index is 12.2. The zero-order chi connectivity index (χ0) is 19.5. The summed E-state index contributed by atoms with van der Waals surface area (Å²) >= 11 is 0. The Balaban J connectivity index is 2.60. The number of ether oxygens (including phenoxy) is 2. The van der Waals surface area contributed by atoms with E-state index >= 15 is 0 Å². The molecule has 0 aromatic heterocycles. The zero-order valence-electron chi connectivity index (χ0n) is 15.5. The van der Waals surface area contributed by atoms with Gasteiger partial charge in [-0.15, -0.1) is 0 Å². The number of anilines is 2. The van der Waals surface area contributed by atoms with Crippen LogP contribution in [-0.2, 0) is 19.1 Å². The SMILES string of the molecule is COCCNC(=O)CN(C)CC(=O)Nc1cc(NC(C)=O)ccc1OC. The summed E-state index contributed by atoms with van der Waals surface area (Å²) < 4.78 is 10.1. The van der Waals surface area contributed by atoms with Crippen molar-refractivity contribution in [3.05, 3.63) is 18.2 Å². The van der Waals surface area contributed by atoms with E-state index in [0.717, 1.165) is 0 Å². The Kier molecular flexibility index (Phi) is 9.10. The van der Waals surface area contributed by atoms with Crippen LogP contribution in [0.1, 0.15) is 6.92 Å². The number of amides is 3. The van der Waals surface area contributed by atoms with E-state index in [9.17, 15) is 14.4 Å². The summed E-state index contributed by atoms with van der Waals surface area (Å²) in [6.45, 7) is 2.35. The van der Waals surface area contributed by atoms with Gasteiger partial charge in [-0.25, -0.2) is 0 Å². The summed E-state index contributed by atoms with van der Waals surface area (Å²) in [6, 6.07) is 4.93. The molecule has 0 aliphatic carbocycles. The van der Waals surface area contributed by atoms with Gasteiger partial charge in [-0.3, -0.25) is 19.3 Å². The monoisotopic (exact) mass is 366 g/mol. The van der Waals surface area contributed by atoms with Crippen molar-refractivity contribution in [2.75, 3.05) is 58.1 Å². The molecule has 0 unspecified atom stereocenters. The van der Waals surface area contributed by atoms with Crippen molar-refractivity contribution in [1.29, 1.82) is 0 Å².